The molecule has 17 heavy (non-hydrogen) atoms. The molecule has 94 valence electrons. The molecule has 0 atom stereocenters. The summed E-state index contributed by atoms with van der Waals surface area (Å²) in [6.07, 6.45) is 12.9. The van der Waals surface area contributed by atoms with Gasteiger partial charge in [0.15, 0.2) is 0 Å². The average Bonchev–Trinajstić information content (AvgIpc) is 2.32. The summed E-state index contributed by atoms with van der Waals surface area (Å²) in [7, 11) is 0. The minimum atomic E-state index is -0.792. The molecule has 0 heterocycles. The molecule has 0 spiro atoms. The zero-order valence-corrected chi connectivity index (χ0v) is 14.8. The second kappa shape index (κ2) is 18.4. The second-order valence-corrected chi connectivity index (χ2v) is 3.48. The summed E-state index contributed by atoms with van der Waals surface area (Å²) in [4.78, 5) is 0. The standard InChI is InChI=1S/C9H11.C4H10NO.O.Th/c1-3-5-7-9-8-6-4-2;1-4(2,6)3-5;;/h1,3-9H,2H3;5-6H,3H2,1-2H3;;/q2*-1;;+2. The van der Waals surface area contributed by atoms with Gasteiger partial charge in [-0.1, -0.05) is 24.3 Å². The Morgan fingerprint density at radius 1 is 1.18 bits per heavy atom. The first-order valence-electron chi connectivity index (χ1n) is 5.05. The second-order valence-electron chi connectivity index (χ2n) is 3.48. The molecule has 4 heteroatoms. The van der Waals surface area contributed by atoms with Crippen molar-refractivity contribution in [3.8, 4) is 0 Å². The molecule has 0 aromatic heterocycles. The summed E-state index contributed by atoms with van der Waals surface area (Å²) in [5.74, 6) is 0. The van der Waals surface area contributed by atoms with Gasteiger partial charge in [-0.2, -0.15) is 0 Å². The molecule has 0 saturated carbocycles. The fraction of sp³-hybridized carbons (Fsp3) is 0.385. The number of nitrogens with one attached hydrogen (secondary N) is 1. The molecule has 0 radical (unpaired) electrons. The van der Waals surface area contributed by atoms with Crippen LogP contribution in [0.3, 0.4) is 0 Å². The molecule has 0 unspecified atom stereocenters. The number of allylic oxidation sites excluding steroid dienone is 7. The molecule has 0 aromatic rings. The summed E-state index contributed by atoms with van der Waals surface area (Å²) < 4.78 is 8.42. The molecule has 0 amide bonds. The summed E-state index contributed by atoms with van der Waals surface area (Å²) in [5.41, 5.74) is 5.81. The van der Waals surface area contributed by atoms with E-state index in [1.807, 2.05) is 37.3 Å². The molecule has 3 nitrogen and oxygen atoms in total. The molecule has 0 saturated heterocycles. The van der Waals surface area contributed by atoms with E-state index < -0.39 is 5.60 Å². The van der Waals surface area contributed by atoms with Crippen LogP contribution in [0.4, 0.5) is 0 Å². The van der Waals surface area contributed by atoms with E-state index in [4.69, 9.17) is 18.6 Å². The van der Waals surface area contributed by atoms with Gasteiger partial charge in [-0.15, -0.1) is 12.6 Å². The first kappa shape index (κ1) is 22.2. The van der Waals surface area contributed by atoms with Crippen molar-refractivity contribution in [2.24, 2.45) is 0 Å². The number of hydrogen-bond donors (Lipinski definition) is 1. The van der Waals surface area contributed by atoms with Crippen LogP contribution in [-0.4, -0.2) is 17.3 Å². The van der Waals surface area contributed by atoms with Gasteiger partial charge in [0.2, 0.25) is 0 Å². The zero-order chi connectivity index (χ0) is 14.2. The van der Waals surface area contributed by atoms with Crippen molar-refractivity contribution in [3.05, 3.63) is 54.8 Å². The van der Waals surface area contributed by atoms with Crippen LogP contribution in [0.25, 0.3) is 5.73 Å². The van der Waals surface area contributed by atoms with Crippen molar-refractivity contribution in [2.75, 3.05) is 6.54 Å². The molecule has 0 aliphatic carbocycles. The molecule has 0 rings (SSSR count). The van der Waals surface area contributed by atoms with E-state index in [0.29, 0.717) is 0 Å². The van der Waals surface area contributed by atoms with Gasteiger partial charge < -0.3 is 10.8 Å². The van der Waals surface area contributed by atoms with Gasteiger partial charge in [-0.25, -0.2) is 12.2 Å². The van der Waals surface area contributed by atoms with Crippen LogP contribution in [0.1, 0.15) is 20.8 Å². The van der Waals surface area contributed by atoms with E-state index >= 15 is 0 Å². The summed E-state index contributed by atoms with van der Waals surface area (Å²) >= 11 is -0.0918. The fourth-order valence-corrected chi connectivity index (χ4v) is 0.368. The van der Waals surface area contributed by atoms with Gasteiger partial charge in [0, 0.05) is 5.60 Å². The molecule has 2 N–H and O–H groups in total. The Morgan fingerprint density at radius 3 is 1.82 bits per heavy atom. The molecule has 0 aliphatic heterocycles. The first-order valence-corrected chi connectivity index (χ1v) is 6.72. The Hall–Kier alpha value is 0.00468. The van der Waals surface area contributed by atoms with Crippen LogP contribution in [0.15, 0.2) is 42.5 Å². The fourth-order valence-electron chi connectivity index (χ4n) is 0.368. The van der Waals surface area contributed by atoms with Gasteiger partial charge in [-0.05, 0) is 20.8 Å². The Bertz CT molecular complexity index is 240. The molecule has 0 aliphatic rings. The summed E-state index contributed by atoms with van der Waals surface area (Å²) in [6.45, 7) is 10.4. The van der Waals surface area contributed by atoms with Crippen LogP contribution >= 0.6 is 0 Å². The molecule has 0 fully saturated rings. The van der Waals surface area contributed by atoms with E-state index in [1.54, 1.807) is 19.9 Å². The van der Waals surface area contributed by atoms with Gasteiger partial charge >= 0.3 is 39.2 Å². The monoisotopic (exact) mass is 455 g/mol. The molecular formula is C13H21NO2Th. The Kier molecular flexibility index (Phi) is 24.0. The van der Waals surface area contributed by atoms with E-state index in [9.17, 15) is 0 Å². The normalized spacial score (nSPS) is 11.0. The predicted molar refractivity (Wildman–Crippen MR) is 68.1 cm³/mol. The van der Waals surface area contributed by atoms with Gasteiger partial charge in [0.05, 0.1) is 0 Å². The van der Waals surface area contributed by atoms with Crippen molar-refractivity contribution in [1.82, 2.24) is 0 Å². The summed E-state index contributed by atoms with van der Waals surface area (Å²) in [5, 5.41) is 8.64. The number of rotatable bonds is 4. The van der Waals surface area contributed by atoms with Crippen LogP contribution in [-0.2, 0) is 1.16 Å². The zero-order valence-electron chi connectivity index (χ0n) is 10.7. The van der Waals surface area contributed by atoms with Gasteiger partial charge in [0.25, 0.3) is 0 Å². The SMILES string of the molecule is CC(C)(O)C[NH-].[CH-]=CC=CC=CC=CC.[O]=[Th+2]. The topological polar surface area (TPSA) is 61.1 Å². The third-order valence-corrected chi connectivity index (χ3v) is 1.18. The van der Waals surface area contributed by atoms with E-state index in [1.165, 1.54) is 6.08 Å². The van der Waals surface area contributed by atoms with Crippen LogP contribution in [0.2, 0.25) is 0 Å². The Labute approximate surface area is 131 Å². The van der Waals surface area contributed by atoms with Crippen molar-refractivity contribution >= 4 is 0 Å². The number of aliphatic hydroxyl groups is 1. The van der Waals surface area contributed by atoms with Crippen LogP contribution < -0.4 is 0 Å². The molecule has 0 aromatic carbocycles. The van der Waals surface area contributed by atoms with Crippen molar-refractivity contribution in [1.29, 1.82) is 0 Å². The molecular weight excluding hydrogens is 434 g/mol. The van der Waals surface area contributed by atoms with Crippen molar-refractivity contribution in [2.45, 2.75) is 26.4 Å². The third-order valence-electron chi connectivity index (χ3n) is 1.18. The van der Waals surface area contributed by atoms with Crippen LogP contribution in [0.5, 0.6) is 0 Å². The maximum atomic E-state index is 8.64. The molecule has 0 bridgehead atoms. The predicted octanol–water partition coefficient (Wildman–Crippen LogP) is 3.35. The number of hydrogen-bond acceptors (Lipinski definition) is 2. The van der Waals surface area contributed by atoms with E-state index in [2.05, 4.69) is 0 Å². The van der Waals surface area contributed by atoms with E-state index in [0.717, 1.165) is 0 Å². The maximum absolute atomic E-state index is 8.64. The average molecular weight is 455 g/mol. The Balaban J connectivity index is -0.000000213. The van der Waals surface area contributed by atoms with Crippen molar-refractivity contribution < 1.29 is 44.3 Å². The summed E-state index contributed by atoms with van der Waals surface area (Å²) in [6, 6.07) is 0. The van der Waals surface area contributed by atoms with Crippen molar-refractivity contribution in [3.63, 3.8) is 0 Å². The third kappa shape index (κ3) is 38.7. The quantitative estimate of drug-likeness (QED) is 0.522. The minimum absolute atomic E-state index is 0.0764. The van der Waals surface area contributed by atoms with Gasteiger partial charge in [0.1, 0.15) is 0 Å². The van der Waals surface area contributed by atoms with E-state index in [-0.39, 0.29) is 44.6 Å². The first-order chi connectivity index (χ1) is 7.97. The van der Waals surface area contributed by atoms with Crippen LogP contribution in [0, 0.1) is 44.6 Å². The van der Waals surface area contributed by atoms with Gasteiger partial charge in [-0.3, -0.25) is 6.58 Å². The Morgan fingerprint density at radius 2 is 1.53 bits per heavy atom.